The van der Waals surface area contributed by atoms with Crippen LogP contribution in [0.4, 0.5) is 4.79 Å². The van der Waals surface area contributed by atoms with Gasteiger partial charge in [-0.25, -0.2) is 4.79 Å². The monoisotopic (exact) mass is 249 g/mol. The van der Waals surface area contributed by atoms with E-state index in [1.165, 1.54) is 0 Å². The Kier molecular flexibility index (Phi) is 4.48. The number of hydrogen-bond donors (Lipinski definition) is 1. The molecule has 98 valence electrons. The fourth-order valence-corrected chi connectivity index (χ4v) is 1.39. The van der Waals surface area contributed by atoms with Crippen LogP contribution in [-0.2, 0) is 4.74 Å². The molecule has 0 aliphatic rings. The molecular weight excluding hydrogens is 230 g/mol. The molecule has 0 aliphatic carbocycles. The van der Waals surface area contributed by atoms with Crippen LogP contribution in [0, 0.1) is 6.92 Å². The molecule has 1 aromatic carbocycles. The van der Waals surface area contributed by atoms with Crippen LogP contribution in [-0.4, -0.2) is 24.0 Å². The summed E-state index contributed by atoms with van der Waals surface area (Å²) in [4.78, 5) is 23.2. The van der Waals surface area contributed by atoms with Gasteiger partial charge < -0.3 is 10.1 Å². The van der Waals surface area contributed by atoms with Gasteiger partial charge in [0.2, 0.25) is 0 Å². The number of carbonyl (C=O) groups is 2. The van der Waals surface area contributed by atoms with E-state index in [-0.39, 0.29) is 12.3 Å². The van der Waals surface area contributed by atoms with Gasteiger partial charge >= 0.3 is 6.09 Å². The second-order valence-electron chi connectivity index (χ2n) is 5.15. The molecule has 0 aromatic heterocycles. The minimum atomic E-state index is -0.580. The average Bonchev–Trinajstić information content (AvgIpc) is 2.23. The highest BCUT2D eigenvalue weighted by molar-refractivity contribution is 5.99. The summed E-state index contributed by atoms with van der Waals surface area (Å²) >= 11 is 0. The summed E-state index contributed by atoms with van der Waals surface area (Å²) in [6.45, 7) is 7.18. The average molecular weight is 249 g/mol. The molecule has 1 rings (SSSR count). The van der Waals surface area contributed by atoms with Crippen molar-refractivity contribution in [2.75, 3.05) is 6.54 Å². The second kappa shape index (κ2) is 5.67. The van der Waals surface area contributed by atoms with Crippen LogP contribution < -0.4 is 5.32 Å². The normalized spacial score (nSPS) is 10.9. The van der Waals surface area contributed by atoms with Crippen molar-refractivity contribution >= 4 is 11.9 Å². The molecule has 0 saturated heterocycles. The Morgan fingerprint density at radius 3 is 2.50 bits per heavy atom. The summed E-state index contributed by atoms with van der Waals surface area (Å²) < 4.78 is 5.05. The molecule has 0 heterocycles. The van der Waals surface area contributed by atoms with E-state index in [1.54, 1.807) is 32.9 Å². The number of hydrogen-bond acceptors (Lipinski definition) is 3. The van der Waals surface area contributed by atoms with Gasteiger partial charge in [0.1, 0.15) is 5.60 Å². The lowest BCUT2D eigenvalue weighted by molar-refractivity contribution is 0.0520. The summed E-state index contributed by atoms with van der Waals surface area (Å²) in [6.07, 6.45) is -0.580. The molecule has 0 bridgehead atoms. The zero-order valence-electron chi connectivity index (χ0n) is 11.2. The molecule has 0 unspecified atom stereocenters. The number of Topliss-reactive ketones (excluding diaryl/α,β-unsaturated/α-hetero) is 1. The number of rotatable bonds is 3. The first-order chi connectivity index (χ1) is 8.28. The van der Waals surface area contributed by atoms with Crippen LogP contribution in [0.3, 0.4) is 0 Å². The van der Waals surface area contributed by atoms with E-state index < -0.39 is 11.7 Å². The lowest BCUT2D eigenvalue weighted by Crippen LogP contribution is -2.35. The predicted octanol–water partition coefficient (Wildman–Crippen LogP) is 2.70. The fraction of sp³-hybridized carbons (Fsp3) is 0.429. The van der Waals surface area contributed by atoms with E-state index in [9.17, 15) is 9.59 Å². The van der Waals surface area contributed by atoms with Crippen molar-refractivity contribution in [2.45, 2.75) is 33.3 Å². The Morgan fingerprint density at radius 2 is 1.94 bits per heavy atom. The van der Waals surface area contributed by atoms with Crippen molar-refractivity contribution < 1.29 is 14.3 Å². The molecule has 0 aliphatic heterocycles. The Morgan fingerprint density at radius 1 is 1.28 bits per heavy atom. The standard InChI is InChI=1S/C14H19NO3/c1-10-6-5-7-11(8-10)12(16)9-15-13(17)18-14(2,3)4/h5-8H,9H2,1-4H3,(H,15,17). The van der Waals surface area contributed by atoms with E-state index in [4.69, 9.17) is 4.74 Å². The lowest BCUT2D eigenvalue weighted by Gasteiger charge is -2.19. The first-order valence-corrected chi connectivity index (χ1v) is 5.84. The molecule has 4 nitrogen and oxygen atoms in total. The number of alkyl carbamates (subject to hydrolysis) is 1. The third kappa shape index (κ3) is 4.99. The topological polar surface area (TPSA) is 55.4 Å². The number of benzene rings is 1. The fourth-order valence-electron chi connectivity index (χ4n) is 1.39. The molecule has 1 aromatic rings. The maximum Gasteiger partial charge on any atom is 0.408 e. The molecular formula is C14H19NO3. The molecule has 0 atom stereocenters. The van der Waals surface area contributed by atoms with Gasteiger partial charge in [0.15, 0.2) is 5.78 Å². The molecule has 18 heavy (non-hydrogen) atoms. The quantitative estimate of drug-likeness (QED) is 0.838. The van der Waals surface area contributed by atoms with Gasteiger partial charge in [0.05, 0.1) is 6.54 Å². The molecule has 0 radical (unpaired) electrons. The van der Waals surface area contributed by atoms with Crippen molar-refractivity contribution in [1.29, 1.82) is 0 Å². The smallest absolute Gasteiger partial charge is 0.408 e. The first kappa shape index (κ1) is 14.2. The highest BCUT2D eigenvalue weighted by Gasteiger charge is 2.16. The third-order valence-corrected chi connectivity index (χ3v) is 2.13. The Bertz CT molecular complexity index is 447. The highest BCUT2D eigenvalue weighted by Crippen LogP contribution is 2.07. The maximum absolute atomic E-state index is 11.8. The van der Waals surface area contributed by atoms with Gasteiger partial charge in [-0.2, -0.15) is 0 Å². The van der Waals surface area contributed by atoms with Crippen molar-refractivity contribution in [3.63, 3.8) is 0 Å². The number of ether oxygens (including phenoxy) is 1. The number of amides is 1. The second-order valence-corrected chi connectivity index (χ2v) is 5.15. The lowest BCUT2D eigenvalue weighted by atomic mass is 10.1. The van der Waals surface area contributed by atoms with Crippen LogP contribution in [0.25, 0.3) is 0 Å². The van der Waals surface area contributed by atoms with Crippen LogP contribution in [0.2, 0.25) is 0 Å². The summed E-state index contributed by atoms with van der Waals surface area (Å²) in [5, 5.41) is 2.45. The number of ketones is 1. The minimum Gasteiger partial charge on any atom is -0.444 e. The van der Waals surface area contributed by atoms with E-state index in [2.05, 4.69) is 5.32 Å². The van der Waals surface area contributed by atoms with Crippen molar-refractivity contribution in [1.82, 2.24) is 5.32 Å². The van der Waals surface area contributed by atoms with Crippen LogP contribution >= 0.6 is 0 Å². The Labute approximate surface area is 107 Å². The van der Waals surface area contributed by atoms with Crippen molar-refractivity contribution in [3.8, 4) is 0 Å². The zero-order valence-corrected chi connectivity index (χ0v) is 11.2. The third-order valence-electron chi connectivity index (χ3n) is 2.13. The van der Waals surface area contributed by atoms with Gasteiger partial charge in [0.25, 0.3) is 0 Å². The van der Waals surface area contributed by atoms with E-state index in [0.29, 0.717) is 5.56 Å². The molecule has 1 amide bonds. The summed E-state index contributed by atoms with van der Waals surface area (Å²) in [6, 6.07) is 7.25. The predicted molar refractivity (Wildman–Crippen MR) is 69.7 cm³/mol. The zero-order chi connectivity index (χ0) is 13.8. The van der Waals surface area contributed by atoms with Gasteiger partial charge in [-0.15, -0.1) is 0 Å². The van der Waals surface area contributed by atoms with Crippen molar-refractivity contribution in [2.24, 2.45) is 0 Å². The van der Waals surface area contributed by atoms with Crippen LogP contribution in [0.15, 0.2) is 24.3 Å². The van der Waals surface area contributed by atoms with Crippen molar-refractivity contribution in [3.05, 3.63) is 35.4 Å². The SMILES string of the molecule is Cc1cccc(C(=O)CNC(=O)OC(C)(C)C)c1. The van der Waals surface area contributed by atoms with Crippen LogP contribution in [0.1, 0.15) is 36.7 Å². The minimum absolute atomic E-state index is 0.0572. The molecule has 0 spiro atoms. The number of carbonyl (C=O) groups excluding carboxylic acids is 2. The molecule has 0 fully saturated rings. The van der Waals surface area contributed by atoms with Gasteiger partial charge in [-0.05, 0) is 33.8 Å². The molecule has 4 heteroatoms. The highest BCUT2D eigenvalue weighted by atomic mass is 16.6. The van der Waals surface area contributed by atoms with E-state index >= 15 is 0 Å². The molecule has 1 N–H and O–H groups in total. The maximum atomic E-state index is 11.8. The summed E-state index contributed by atoms with van der Waals surface area (Å²) in [5.74, 6) is -0.135. The van der Waals surface area contributed by atoms with Gasteiger partial charge in [-0.3, -0.25) is 4.79 Å². The molecule has 0 saturated carbocycles. The van der Waals surface area contributed by atoms with Gasteiger partial charge in [0, 0.05) is 5.56 Å². The number of aryl methyl sites for hydroxylation is 1. The Balaban J connectivity index is 2.49. The van der Waals surface area contributed by atoms with Gasteiger partial charge in [-0.1, -0.05) is 23.8 Å². The van der Waals surface area contributed by atoms with Crippen LogP contribution in [0.5, 0.6) is 0 Å². The summed E-state index contributed by atoms with van der Waals surface area (Å²) in [5.41, 5.74) is 1.04. The van der Waals surface area contributed by atoms with E-state index in [0.717, 1.165) is 5.56 Å². The largest absolute Gasteiger partial charge is 0.444 e. The van der Waals surface area contributed by atoms with E-state index in [1.807, 2.05) is 19.1 Å². The summed E-state index contributed by atoms with van der Waals surface area (Å²) in [7, 11) is 0. The Hall–Kier alpha value is -1.84. The number of nitrogens with one attached hydrogen (secondary N) is 1. The first-order valence-electron chi connectivity index (χ1n) is 5.84.